The largest absolute Gasteiger partial charge is 0.324 e. The van der Waals surface area contributed by atoms with E-state index in [1.54, 1.807) is 0 Å². The fraction of sp³-hybridized carbons (Fsp3) is 0.310. The fourth-order valence-corrected chi connectivity index (χ4v) is 9.50. The minimum Gasteiger partial charge on any atom is -0.324 e. The van der Waals surface area contributed by atoms with Crippen LogP contribution in [-0.2, 0) is 20.9 Å². The maximum atomic E-state index is 12.9. The Kier molecular flexibility index (Phi) is 8.49. The summed E-state index contributed by atoms with van der Waals surface area (Å²) in [5, 5.41) is 4.25. The number of nitrogens with zero attached hydrogens (tertiary/aromatic N) is 2. The molecule has 49 heavy (non-hydrogen) atoms. The van der Waals surface area contributed by atoms with Gasteiger partial charge in [0, 0.05) is 27.2 Å². The van der Waals surface area contributed by atoms with E-state index in [2.05, 4.69) is 94.5 Å². The van der Waals surface area contributed by atoms with Gasteiger partial charge in [-0.3, -0.25) is 9.55 Å². The van der Waals surface area contributed by atoms with Crippen LogP contribution in [0.25, 0.3) is 21.5 Å². The summed E-state index contributed by atoms with van der Waals surface area (Å²) in [6.45, 7) is 10.7. The van der Waals surface area contributed by atoms with Gasteiger partial charge < -0.3 is 4.90 Å². The zero-order valence-electron chi connectivity index (χ0n) is 28.8. The van der Waals surface area contributed by atoms with Crippen molar-refractivity contribution in [1.82, 2.24) is 0 Å². The zero-order valence-corrected chi connectivity index (χ0v) is 30.4. The molecule has 0 bridgehead atoms. The molecule has 1 unspecified atom stereocenters. The van der Waals surface area contributed by atoms with Crippen LogP contribution in [0.1, 0.15) is 77.8 Å². The van der Waals surface area contributed by atoms with Gasteiger partial charge in [-0.1, -0.05) is 125 Å². The molecule has 4 aromatic rings. The fourth-order valence-electron chi connectivity index (χ4n) is 8.15. The van der Waals surface area contributed by atoms with Gasteiger partial charge in [0.15, 0.2) is 5.37 Å². The van der Waals surface area contributed by atoms with Crippen LogP contribution in [0.5, 0.6) is 0 Å². The van der Waals surface area contributed by atoms with Crippen molar-refractivity contribution in [2.75, 3.05) is 4.90 Å². The van der Waals surface area contributed by atoms with E-state index in [9.17, 15) is 13.0 Å². The molecule has 2 aliphatic heterocycles. The SMILES string of the molecule is CCCC(N1/C(=C\C=C2\CCCC(/C=C/C3=Nc4ccc5ccccc5c4C3(C)C)=C2Cl)C(C)(C)c2c1ccc1ccccc21)S(=O)(=O)O. The van der Waals surface area contributed by atoms with Crippen molar-refractivity contribution < 1.29 is 13.0 Å². The standard InChI is InChI=1S/C42H43ClN2O3S/c1-6-12-37(49(46,47)48)45-34-24-20-28-14-8-10-18-32(28)39(34)42(4,5)36(45)26-22-30-16-11-15-29(40(30)43)21-25-35-41(2,3)38-31-17-9-7-13-27(31)19-23-33(38)44-35/h7-10,13-14,17-26,37H,6,11-12,15-16H2,1-5H3,(H,46,47,48)/b25-21+,30-22-,36-26-. The van der Waals surface area contributed by atoms with Gasteiger partial charge in [-0.15, -0.1) is 0 Å². The number of hydrogen-bond acceptors (Lipinski definition) is 4. The highest BCUT2D eigenvalue weighted by molar-refractivity contribution is 7.86. The molecule has 2 heterocycles. The Bertz CT molecular complexity index is 2270. The molecule has 0 saturated heterocycles. The number of halogens is 1. The summed E-state index contributed by atoms with van der Waals surface area (Å²) in [4.78, 5) is 6.90. The van der Waals surface area contributed by atoms with Crippen molar-refractivity contribution >= 4 is 60.4 Å². The predicted octanol–water partition coefficient (Wildman–Crippen LogP) is 11.2. The van der Waals surface area contributed by atoms with E-state index in [1.165, 1.54) is 16.3 Å². The number of anilines is 1. The van der Waals surface area contributed by atoms with Gasteiger partial charge in [0.25, 0.3) is 10.1 Å². The average molecular weight is 691 g/mol. The molecule has 3 aliphatic rings. The minimum atomic E-state index is -4.40. The van der Waals surface area contributed by atoms with Crippen LogP contribution in [0.2, 0.25) is 0 Å². The van der Waals surface area contributed by atoms with Gasteiger partial charge in [-0.25, -0.2) is 0 Å². The van der Waals surface area contributed by atoms with Crippen LogP contribution in [0.4, 0.5) is 11.4 Å². The molecular formula is C42H43ClN2O3S. The Hall–Kier alpha value is -3.97. The minimum absolute atomic E-state index is 0.254. The second-order valence-corrected chi connectivity index (χ2v) is 16.5. The van der Waals surface area contributed by atoms with E-state index < -0.39 is 20.9 Å². The van der Waals surface area contributed by atoms with E-state index in [1.807, 2.05) is 42.2 Å². The Morgan fingerprint density at radius 3 is 2.18 bits per heavy atom. The van der Waals surface area contributed by atoms with Gasteiger partial charge in [0.1, 0.15) is 0 Å². The summed E-state index contributed by atoms with van der Waals surface area (Å²) in [5.74, 6) is 0. The molecule has 1 N–H and O–H groups in total. The lowest BCUT2D eigenvalue weighted by molar-refractivity contribution is 0.457. The molecule has 4 aromatic carbocycles. The van der Waals surface area contributed by atoms with Crippen LogP contribution >= 0.6 is 11.6 Å². The van der Waals surface area contributed by atoms with Crippen molar-refractivity contribution in [3.63, 3.8) is 0 Å². The maximum Gasteiger partial charge on any atom is 0.286 e. The van der Waals surface area contributed by atoms with Gasteiger partial charge in [-0.2, -0.15) is 8.42 Å². The molecule has 252 valence electrons. The first-order valence-electron chi connectivity index (χ1n) is 17.2. The number of allylic oxidation sites excluding steroid dienone is 8. The van der Waals surface area contributed by atoms with Crippen molar-refractivity contribution in [3.8, 4) is 0 Å². The second kappa shape index (κ2) is 12.4. The lowest BCUT2D eigenvalue weighted by atomic mass is 9.79. The van der Waals surface area contributed by atoms with E-state index >= 15 is 0 Å². The van der Waals surface area contributed by atoms with Crippen molar-refractivity contribution in [1.29, 1.82) is 0 Å². The first kappa shape index (κ1) is 33.5. The molecule has 0 spiro atoms. The molecule has 0 amide bonds. The van der Waals surface area contributed by atoms with Gasteiger partial charge >= 0.3 is 0 Å². The highest BCUT2D eigenvalue weighted by atomic mass is 35.5. The number of hydrogen-bond donors (Lipinski definition) is 1. The zero-order chi connectivity index (χ0) is 34.7. The number of rotatable bonds is 7. The molecule has 1 atom stereocenters. The first-order chi connectivity index (χ1) is 23.3. The highest BCUT2D eigenvalue weighted by Gasteiger charge is 2.46. The quantitative estimate of drug-likeness (QED) is 0.196. The summed E-state index contributed by atoms with van der Waals surface area (Å²) in [6, 6.07) is 25.0. The second-order valence-electron chi connectivity index (χ2n) is 14.5. The number of fused-ring (bicyclic) bond motifs is 6. The molecule has 0 aromatic heterocycles. The summed E-state index contributed by atoms with van der Waals surface area (Å²) in [5.41, 5.74) is 7.26. The van der Waals surface area contributed by atoms with Crippen LogP contribution in [0, 0.1) is 0 Å². The van der Waals surface area contributed by atoms with E-state index in [0.29, 0.717) is 12.8 Å². The molecule has 0 radical (unpaired) electrons. The molecule has 1 aliphatic carbocycles. The lowest BCUT2D eigenvalue weighted by Crippen LogP contribution is -2.41. The summed E-state index contributed by atoms with van der Waals surface area (Å²) >= 11 is 7.16. The Balaban J connectivity index is 1.28. The maximum absolute atomic E-state index is 12.9. The number of benzene rings is 4. The van der Waals surface area contributed by atoms with Crippen LogP contribution in [0.15, 0.2) is 124 Å². The summed E-state index contributed by atoms with van der Waals surface area (Å²) in [6.07, 6.45) is 11.9. The Morgan fingerprint density at radius 2 is 1.51 bits per heavy atom. The van der Waals surface area contributed by atoms with Crippen molar-refractivity contribution in [3.05, 3.63) is 130 Å². The van der Waals surface area contributed by atoms with E-state index in [0.717, 1.165) is 74.6 Å². The first-order valence-corrected chi connectivity index (χ1v) is 19.1. The molecular weight excluding hydrogens is 648 g/mol. The Morgan fingerprint density at radius 1 is 0.857 bits per heavy atom. The monoisotopic (exact) mass is 690 g/mol. The molecule has 7 rings (SSSR count). The Labute approximate surface area is 295 Å². The molecule has 7 heteroatoms. The predicted molar refractivity (Wildman–Crippen MR) is 206 cm³/mol. The summed E-state index contributed by atoms with van der Waals surface area (Å²) in [7, 11) is -4.40. The third kappa shape index (κ3) is 5.68. The van der Waals surface area contributed by atoms with Crippen LogP contribution in [0.3, 0.4) is 0 Å². The van der Waals surface area contributed by atoms with Crippen LogP contribution in [-0.4, -0.2) is 24.1 Å². The van der Waals surface area contributed by atoms with Crippen molar-refractivity contribution in [2.24, 2.45) is 4.99 Å². The third-order valence-corrected chi connectivity index (χ3v) is 12.2. The van der Waals surface area contributed by atoms with Gasteiger partial charge in [0.05, 0.1) is 11.4 Å². The average Bonchev–Trinajstić information content (AvgIpc) is 3.46. The topological polar surface area (TPSA) is 70.0 Å². The third-order valence-electron chi connectivity index (χ3n) is 10.6. The van der Waals surface area contributed by atoms with E-state index in [4.69, 9.17) is 16.6 Å². The molecule has 5 nitrogen and oxygen atoms in total. The van der Waals surface area contributed by atoms with Crippen molar-refractivity contribution in [2.45, 2.75) is 82.9 Å². The van der Waals surface area contributed by atoms with Crippen LogP contribution < -0.4 is 4.90 Å². The van der Waals surface area contributed by atoms with Gasteiger partial charge in [0.2, 0.25) is 0 Å². The van der Waals surface area contributed by atoms with Gasteiger partial charge in [-0.05, 0) is 93.8 Å². The molecule has 0 fully saturated rings. The smallest absolute Gasteiger partial charge is 0.286 e. The van der Waals surface area contributed by atoms with E-state index in [-0.39, 0.29) is 5.41 Å². The number of aliphatic imine (C=N–C) groups is 1. The normalized spacial score (nSPS) is 20.9. The lowest BCUT2D eigenvalue weighted by Gasteiger charge is -2.32. The summed E-state index contributed by atoms with van der Waals surface area (Å²) < 4.78 is 36.4. The highest BCUT2D eigenvalue weighted by Crippen LogP contribution is 2.53. The molecule has 0 saturated carbocycles.